The van der Waals surface area contributed by atoms with E-state index in [0.717, 1.165) is 4.90 Å². The zero-order chi connectivity index (χ0) is 20.3. The van der Waals surface area contributed by atoms with Crippen LogP contribution in [0, 0.1) is 10.1 Å². The fourth-order valence-corrected chi connectivity index (χ4v) is 3.79. The van der Waals surface area contributed by atoms with Crippen LogP contribution in [0.5, 0.6) is 5.75 Å². The van der Waals surface area contributed by atoms with Crippen molar-refractivity contribution in [2.75, 3.05) is 7.11 Å². The van der Waals surface area contributed by atoms with Gasteiger partial charge < -0.3 is 9.47 Å². The topological polar surface area (TPSA) is 116 Å². The first kappa shape index (κ1) is 19.4. The predicted octanol–water partition coefficient (Wildman–Crippen LogP) is 3.23. The van der Waals surface area contributed by atoms with Crippen molar-refractivity contribution in [3.63, 3.8) is 0 Å². The maximum absolute atomic E-state index is 12.8. The van der Waals surface area contributed by atoms with Gasteiger partial charge in [-0.15, -0.1) is 0 Å². The first-order valence-corrected chi connectivity index (χ1v) is 8.91. The molecule has 3 rings (SSSR count). The molecule has 0 saturated carbocycles. The number of esters is 1. The highest BCUT2D eigenvalue weighted by Gasteiger charge is 2.39. The van der Waals surface area contributed by atoms with Gasteiger partial charge in [0.15, 0.2) is 0 Å². The molecular formula is C18H14N2O7S. The third kappa shape index (κ3) is 3.96. The SMILES string of the molecule is COC(=O)CC1Sc2ccccc2C(=O)N1C(=O)Oc1ccc([N+](=O)[O-])cc1. The lowest BCUT2D eigenvalue weighted by atomic mass is 10.2. The van der Waals surface area contributed by atoms with E-state index in [1.807, 2.05) is 0 Å². The highest BCUT2D eigenvalue weighted by molar-refractivity contribution is 8.00. The Bertz CT molecular complexity index is 945. The maximum Gasteiger partial charge on any atom is 0.423 e. The third-order valence-electron chi connectivity index (χ3n) is 3.91. The number of fused-ring (bicyclic) bond motifs is 1. The van der Waals surface area contributed by atoms with E-state index >= 15 is 0 Å². The molecule has 144 valence electrons. The van der Waals surface area contributed by atoms with Crippen LogP contribution in [-0.2, 0) is 9.53 Å². The number of nitro groups is 1. The molecule has 2 aromatic rings. The number of thioether (sulfide) groups is 1. The van der Waals surface area contributed by atoms with E-state index in [2.05, 4.69) is 4.74 Å². The van der Waals surface area contributed by atoms with Crippen molar-refractivity contribution in [3.8, 4) is 5.75 Å². The number of nitro benzene ring substituents is 1. The van der Waals surface area contributed by atoms with Crippen LogP contribution in [0.15, 0.2) is 53.4 Å². The van der Waals surface area contributed by atoms with E-state index in [0.29, 0.717) is 10.5 Å². The van der Waals surface area contributed by atoms with Crippen LogP contribution in [0.2, 0.25) is 0 Å². The normalized spacial score (nSPS) is 15.5. The van der Waals surface area contributed by atoms with Crippen LogP contribution in [0.1, 0.15) is 16.8 Å². The minimum Gasteiger partial charge on any atom is -0.469 e. The molecule has 1 heterocycles. The molecule has 28 heavy (non-hydrogen) atoms. The number of imide groups is 1. The summed E-state index contributed by atoms with van der Waals surface area (Å²) in [5, 5.41) is 9.87. The Kier molecular flexibility index (Phi) is 5.59. The molecule has 0 bridgehead atoms. The van der Waals surface area contributed by atoms with Crippen molar-refractivity contribution in [2.45, 2.75) is 16.7 Å². The number of carbonyl (C=O) groups is 3. The molecule has 0 aromatic heterocycles. The molecule has 1 aliphatic rings. The molecule has 0 fully saturated rings. The molecule has 10 heteroatoms. The van der Waals surface area contributed by atoms with Gasteiger partial charge in [-0.1, -0.05) is 23.9 Å². The second kappa shape index (κ2) is 8.09. The summed E-state index contributed by atoms with van der Waals surface area (Å²) in [7, 11) is 1.21. The molecule has 0 radical (unpaired) electrons. The Morgan fingerprint density at radius 1 is 1.18 bits per heavy atom. The number of rotatable bonds is 4. The fourth-order valence-electron chi connectivity index (χ4n) is 2.55. The zero-order valence-electron chi connectivity index (χ0n) is 14.6. The molecule has 1 aliphatic heterocycles. The maximum atomic E-state index is 12.8. The lowest BCUT2D eigenvalue weighted by Gasteiger charge is -2.32. The third-order valence-corrected chi connectivity index (χ3v) is 5.17. The number of non-ortho nitro benzene ring substituents is 1. The minimum atomic E-state index is -0.991. The van der Waals surface area contributed by atoms with Crippen LogP contribution in [0.4, 0.5) is 10.5 Å². The summed E-state index contributed by atoms with van der Waals surface area (Å²) < 4.78 is 9.85. The molecule has 2 amide bonds. The summed E-state index contributed by atoms with van der Waals surface area (Å²) in [5.41, 5.74) is 0.149. The summed E-state index contributed by atoms with van der Waals surface area (Å²) in [6.45, 7) is 0. The van der Waals surface area contributed by atoms with Crippen LogP contribution < -0.4 is 4.74 Å². The second-order valence-electron chi connectivity index (χ2n) is 5.64. The Morgan fingerprint density at radius 3 is 2.50 bits per heavy atom. The van der Waals surface area contributed by atoms with Gasteiger partial charge in [-0.05, 0) is 24.3 Å². The van der Waals surface area contributed by atoms with Crippen molar-refractivity contribution >= 4 is 35.4 Å². The van der Waals surface area contributed by atoms with Gasteiger partial charge in [0.1, 0.15) is 11.1 Å². The molecule has 9 nitrogen and oxygen atoms in total. The largest absolute Gasteiger partial charge is 0.469 e. The van der Waals surface area contributed by atoms with Gasteiger partial charge in [-0.25, -0.2) is 9.69 Å². The Balaban J connectivity index is 1.86. The first-order valence-electron chi connectivity index (χ1n) is 8.03. The van der Waals surface area contributed by atoms with Crippen molar-refractivity contribution in [3.05, 3.63) is 64.2 Å². The summed E-state index contributed by atoms with van der Waals surface area (Å²) in [5.74, 6) is -1.16. The van der Waals surface area contributed by atoms with Crippen LogP contribution in [0.3, 0.4) is 0 Å². The molecule has 0 N–H and O–H groups in total. The Hall–Kier alpha value is -3.40. The van der Waals surface area contributed by atoms with Crippen molar-refractivity contribution in [1.29, 1.82) is 0 Å². The van der Waals surface area contributed by atoms with E-state index in [9.17, 15) is 24.5 Å². The Morgan fingerprint density at radius 2 is 1.86 bits per heavy atom. The zero-order valence-corrected chi connectivity index (χ0v) is 15.4. The van der Waals surface area contributed by atoms with Crippen LogP contribution in [0.25, 0.3) is 0 Å². The lowest BCUT2D eigenvalue weighted by Crippen LogP contribution is -2.48. The lowest BCUT2D eigenvalue weighted by molar-refractivity contribution is -0.384. The van der Waals surface area contributed by atoms with Crippen molar-refractivity contribution < 1.29 is 28.8 Å². The summed E-state index contributed by atoms with van der Waals surface area (Å²) in [4.78, 5) is 48.9. The number of hydrogen-bond acceptors (Lipinski definition) is 8. The molecule has 1 unspecified atom stereocenters. The first-order chi connectivity index (χ1) is 13.4. The van der Waals surface area contributed by atoms with Gasteiger partial charge in [-0.3, -0.25) is 19.7 Å². The van der Waals surface area contributed by atoms with Gasteiger partial charge in [0.05, 0.1) is 24.0 Å². The fraction of sp³-hybridized carbons (Fsp3) is 0.167. The molecule has 2 aromatic carbocycles. The average molecular weight is 402 g/mol. The van der Waals surface area contributed by atoms with Crippen molar-refractivity contribution in [2.24, 2.45) is 0 Å². The summed E-state index contributed by atoms with van der Waals surface area (Å²) in [6.07, 6.45) is -1.20. The van der Waals surface area contributed by atoms with E-state index in [-0.39, 0.29) is 17.9 Å². The number of hydrogen-bond donors (Lipinski definition) is 0. The number of methoxy groups -OCH3 is 1. The number of ether oxygens (including phenoxy) is 2. The highest BCUT2D eigenvalue weighted by Crippen LogP contribution is 2.37. The van der Waals surface area contributed by atoms with E-state index in [1.165, 1.54) is 43.1 Å². The minimum absolute atomic E-state index is 0.0316. The van der Waals surface area contributed by atoms with E-state index in [4.69, 9.17) is 4.74 Å². The predicted molar refractivity (Wildman–Crippen MR) is 98.0 cm³/mol. The molecule has 0 spiro atoms. The van der Waals surface area contributed by atoms with Gasteiger partial charge in [0.2, 0.25) is 0 Å². The number of nitrogens with zero attached hydrogens (tertiary/aromatic N) is 2. The van der Waals surface area contributed by atoms with Gasteiger partial charge >= 0.3 is 12.1 Å². The quantitative estimate of drug-likeness (QED) is 0.435. The Labute approximate surface area is 163 Å². The van der Waals surface area contributed by atoms with Gasteiger partial charge in [-0.2, -0.15) is 0 Å². The molecule has 0 aliphatic carbocycles. The number of amides is 2. The van der Waals surface area contributed by atoms with Crippen LogP contribution in [-0.4, -0.2) is 40.3 Å². The van der Waals surface area contributed by atoms with E-state index in [1.54, 1.807) is 24.3 Å². The number of benzene rings is 2. The van der Waals surface area contributed by atoms with E-state index < -0.39 is 28.3 Å². The summed E-state index contributed by atoms with van der Waals surface area (Å²) in [6, 6.07) is 11.6. The van der Waals surface area contributed by atoms with Crippen LogP contribution >= 0.6 is 11.8 Å². The molecule has 0 saturated heterocycles. The van der Waals surface area contributed by atoms with Crippen molar-refractivity contribution in [1.82, 2.24) is 4.90 Å². The average Bonchev–Trinajstić information content (AvgIpc) is 2.68. The molecule has 1 atom stereocenters. The number of carbonyl (C=O) groups excluding carboxylic acids is 3. The second-order valence-corrected chi connectivity index (χ2v) is 6.86. The standard InChI is InChI=1S/C18H14N2O7S/c1-26-16(21)10-15-19(17(22)13-4-2-3-5-14(13)28-15)18(23)27-12-8-6-11(7-9-12)20(24)25/h2-9,15H,10H2,1H3. The monoisotopic (exact) mass is 402 g/mol. The van der Waals surface area contributed by atoms with Gasteiger partial charge in [0.25, 0.3) is 11.6 Å². The van der Waals surface area contributed by atoms with Gasteiger partial charge in [0, 0.05) is 17.0 Å². The molecular weight excluding hydrogens is 388 g/mol. The smallest absolute Gasteiger partial charge is 0.423 e. The summed E-state index contributed by atoms with van der Waals surface area (Å²) >= 11 is 1.17. The highest BCUT2D eigenvalue weighted by atomic mass is 32.2.